The summed E-state index contributed by atoms with van der Waals surface area (Å²) in [7, 11) is 1.50. The molecule has 1 N–H and O–H groups in total. The van der Waals surface area contributed by atoms with Gasteiger partial charge >= 0.3 is 0 Å². The Kier molecular flexibility index (Phi) is 3.39. The summed E-state index contributed by atoms with van der Waals surface area (Å²) >= 11 is 0. The lowest BCUT2D eigenvalue weighted by atomic mass is 10.1. The molecule has 0 aliphatic rings. The standard InChI is InChI=1S/C10H15NO2/c1-10(12,13-2)6-5-9-4-3-7-11-8-9/h3-4,7-8,12H,5-6H2,1-2H3. The number of hydrogen-bond donors (Lipinski definition) is 1. The lowest BCUT2D eigenvalue weighted by Gasteiger charge is -2.20. The lowest BCUT2D eigenvalue weighted by molar-refractivity contribution is -0.174. The van der Waals surface area contributed by atoms with Gasteiger partial charge in [0.2, 0.25) is 0 Å². The Hall–Kier alpha value is -0.930. The van der Waals surface area contributed by atoms with Crippen molar-refractivity contribution in [2.45, 2.75) is 25.6 Å². The summed E-state index contributed by atoms with van der Waals surface area (Å²) in [6, 6.07) is 3.87. The van der Waals surface area contributed by atoms with Crippen LogP contribution in [-0.4, -0.2) is 23.0 Å². The first kappa shape index (κ1) is 10.2. The number of nitrogens with zero attached hydrogens (tertiary/aromatic N) is 1. The second-order valence-electron chi connectivity index (χ2n) is 3.24. The number of aryl methyl sites for hydroxylation is 1. The van der Waals surface area contributed by atoms with E-state index in [9.17, 15) is 5.11 Å². The Bertz CT molecular complexity index is 246. The third-order valence-corrected chi connectivity index (χ3v) is 2.04. The van der Waals surface area contributed by atoms with E-state index in [1.807, 2.05) is 12.1 Å². The highest BCUT2D eigenvalue weighted by Gasteiger charge is 2.17. The molecule has 72 valence electrons. The average molecular weight is 181 g/mol. The fourth-order valence-electron chi connectivity index (χ4n) is 1.02. The molecule has 1 rings (SSSR count). The molecule has 3 nitrogen and oxygen atoms in total. The zero-order valence-corrected chi connectivity index (χ0v) is 8.03. The molecule has 1 aromatic heterocycles. The van der Waals surface area contributed by atoms with Crippen molar-refractivity contribution in [3.8, 4) is 0 Å². The molecule has 1 heterocycles. The molecule has 1 unspecified atom stereocenters. The zero-order valence-electron chi connectivity index (χ0n) is 8.03. The molecule has 0 radical (unpaired) electrons. The van der Waals surface area contributed by atoms with E-state index in [4.69, 9.17) is 4.74 Å². The van der Waals surface area contributed by atoms with Gasteiger partial charge in [0.25, 0.3) is 0 Å². The maximum atomic E-state index is 9.54. The van der Waals surface area contributed by atoms with Gasteiger partial charge in [0.1, 0.15) is 0 Å². The normalized spacial score (nSPS) is 15.3. The lowest BCUT2D eigenvalue weighted by Crippen LogP contribution is -2.26. The largest absolute Gasteiger partial charge is 0.366 e. The Balaban J connectivity index is 2.44. The first-order chi connectivity index (χ1) is 6.14. The van der Waals surface area contributed by atoms with Gasteiger partial charge in [0.05, 0.1) is 0 Å². The van der Waals surface area contributed by atoms with Gasteiger partial charge in [0.15, 0.2) is 5.79 Å². The van der Waals surface area contributed by atoms with Gasteiger partial charge in [0, 0.05) is 25.9 Å². The van der Waals surface area contributed by atoms with E-state index in [0.717, 1.165) is 12.0 Å². The maximum Gasteiger partial charge on any atom is 0.162 e. The van der Waals surface area contributed by atoms with Gasteiger partial charge in [-0.1, -0.05) is 6.07 Å². The number of rotatable bonds is 4. The van der Waals surface area contributed by atoms with Crippen molar-refractivity contribution in [1.82, 2.24) is 4.98 Å². The van der Waals surface area contributed by atoms with Gasteiger partial charge in [-0.2, -0.15) is 0 Å². The smallest absolute Gasteiger partial charge is 0.162 e. The summed E-state index contributed by atoms with van der Waals surface area (Å²) < 4.78 is 4.89. The molecule has 0 aromatic carbocycles. The maximum absolute atomic E-state index is 9.54. The predicted molar refractivity (Wildman–Crippen MR) is 50.2 cm³/mol. The van der Waals surface area contributed by atoms with Crippen LogP contribution in [0.25, 0.3) is 0 Å². The predicted octanol–water partition coefficient (Wildman–Crippen LogP) is 1.37. The number of aliphatic hydroxyl groups is 1. The van der Waals surface area contributed by atoms with Crippen LogP contribution in [0.1, 0.15) is 18.9 Å². The molecule has 0 saturated heterocycles. The number of hydrogen-bond acceptors (Lipinski definition) is 3. The van der Waals surface area contributed by atoms with Gasteiger partial charge in [-0.15, -0.1) is 0 Å². The average Bonchev–Trinajstić information content (AvgIpc) is 2.17. The van der Waals surface area contributed by atoms with Crippen LogP contribution in [-0.2, 0) is 11.2 Å². The van der Waals surface area contributed by atoms with Crippen molar-refractivity contribution < 1.29 is 9.84 Å². The Morgan fingerprint density at radius 3 is 2.92 bits per heavy atom. The number of aromatic nitrogens is 1. The summed E-state index contributed by atoms with van der Waals surface area (Å²) in [5.74, 6) is -1.03. The van der Waals surface area contributed by atoms with Crippen molar-refractivity contribution in [2.75, 3.05) is 7.11 Å². The summed E-state index contributed by atoms with van der Waals surface area (Å²) in [5, 5.41) is 9.54. The Morgan fingerprint density at radius 1 is 1.62 bits per heavy atom. The van der Waals surface area contributed by atoms with Crippen molar-refractivity contribution in [3.63, 3.8) is 0 Å². The molecule has 0 aliphatic carbocycles. The molecule has 0 spiro atoms. The Labute approximate surface area is 78.4 Å². The number of pyridine rings is 1. The molecular weight excluding hydrogens is 166 g/mol. The van der Waals surface area contributed by atoms with E-state index < -0.39 is 5.79 Å². The van der Waals surface area contributed by atoms with E-state index in [1.54, 1.807) is 19.3 Å². The van der Waals surface area contributed by atoms with E-state index in [-0.39, 0.29) is 0 Å². The molecule has 0 saturated carbocycles. The number of methoxy groups -OCH3 is 1. The SMILES string of the molecule is COC(C)(O)CCc1cccnc1. The molecule has 0 bridgehead atoms. The third kappa shape index (κ3) is 3.53. The number of ether oxygens (including phenoxy) is 1. The van der Waals surface area contributed by atoms with Crippen molar-refractivity contribution in [3.05, 3.63) is 30.1 Å². The molecule has 0 aliphatic heterocycles. The van der Waals surface area contributed by atoms with Crippen LogP contribution in [0.3, 0.4) is 0 Å². The van der Waals surface area contributed by atoms with Crippen molar-refractivity contribution in [1.29, 1.82) is 0 Å². The fraction of sp³-hybridized carbons (Fsp3) is 0.500. The zero-order chi connectivity index (χ0) is 9.73. The highest BCUT2D eigenvalue weighted by Crippen LogP contribution is 2.13. The van der Waals surface area contributed by atoms with Gasteiger partial charge in [-0.25, -0.2) is 0 Å². The quantitative estimate of drug-likeness (QED) is 0.713. The summed E-state index contributed by atoms with van der Waals surface area (Å²) in [6.07, 6.45) is 4.88. The van der Waals surface area contributed by atoms with E-state index in [1.165, 1.54) is 7.11 Å². The second kappa shape index (κ2) is 4.35. The molecule has 13 heavy (non-hydrogen) atoms. The first-order valence-electron chi connectivity index (χ1n) is 4.30. The molecule has 1 aromatic rings. The van der Waals surface area contributed by atoms with Crippen LogP contribution >= 0.6 is 0 Å². The second-order valence-corrected chi connectivity index (χ2v) is 3.24. The summed E-state index contributed by atoms with van der Waals surface area (Å²) in [5.41, 5.74) is 1.11. The highest BCUT2D eigenvalue weighted by atomic mass is 16.6. The van der Waals surface area contributed by atoms with Gasteiger partial charge in [-0.3, -0.25) is 4.98 Å². The van der Waals surface area contributed by atoms with Crippen LogP contribution in [0.5, 0.6) is 0 Å². The molecule has 0 fully saturated rings. The minimum Gasteiger partial charge on any atom is -0.366 e. The fourth-order valence-corrected chi connectivity index (χ4v) is 1.02. The minimum absolute atomic E-state index is 0.579. The molecular formula is C10H15NO2. The highest BCUT2D eigenvalue weighted by molar-refractivity contribution is 5.08. The van der Waals surface area contributed by atoms with Crippen molar-refractivity contribution >= 4 is 0 Å². The topological polar surface area (TPSA) is 42.4 Å². The molecule has 3 heteroatoms. The van der Waals surface area contributed by atoms with Crippen LogP contribution in [0.4, 0.5) is 0 Å². The Morgan fingerprint density at radius 2 is 2.38 bits per heavy atom. The van der Waals surface area contributed by atoms with Crippen LogP contribution in [0, 0.1) is 0 Å². The van der Waals surface area contributed by atoms with E-state index >= 15 is 0 Å². The van der Waals surface area contributed by atoms with Crippen LogP contribution in [0.2, 0.25) is 0 Å². The summed E-state index contributed by atoms with van der Waals surface area (Å²) in [6.45, 7) is 1.66. The van der Waals surface area contributed by atoms with Crippen LogP contribution in [0.15, 0.2) is 24.5 Å². The first-order valence-corrected chi connectivity index (χ1v) is 4.30. The minimum atomic E-state index is -1.03. The van der Waals surface area contributed by atoms with Gasteiger partial charge in [-0.05, 0) is 25.0 Å². The van der Waals surface area contributed by atoms with Crippen LogP contribution < -0.4 is 0 Å². The monoisotopic (exact) mass is 181 g/mol. The van der Waals surface area contributed by atoms with E-state index in [2.05, 4.69) is 4.98 Å². The van der Waals surface area contributed by atoms with Crippen molar-refractivity contribution in [2.24, 2.45) is 0 Å². The summed E-state index contributed by atoms with van der Waals surface area (Å²) in [4.78, 5) is 3.99. The van der Waals surface area contributed by atoms with Gasteiger partial charge < -0.3 is 9.84 Å². The molecule has 1 atom stereocenters. The van der Waals surface area contributed by atoms with E-state index in [0.29, 0.717) is 6.42 Å². The third-order valence-electron chi connectivity index (χ3n) is 2.04. The molecule has 0 amide bonds.